The summed E-state index contributed by atoms with van der Waals surface area (Å²) in [6, 6.07) is 9.21. The molecule has 0 unspecified atom stereocenters. The number of nitrogens with zero attached hydrogens (tertiary/aromatic N) is 4. The van der Waals surface area contributed by atoms with Crippen LogP contribution in [0.4, 0.5) is 5.82 Å². The molecule has 1 aromatic carbocycles. The molecular weight excluding hydrogens is 326 g/mol. The first kappa shape index (κ1) is 16.2. The standard InChI is InChI=1S/C17H16ClN5O/c1-17(2,24)13-7-9(10(8-19)16(20)21-13)15-14-11(18)5-4-6-12(14)23(3)22-15/h4-7,24H,1-3H3,(H2,20,21). The molecule has 0 fully saturated rings. The van der Waals surface area contributed by atoms with Gasteiger partial charge in [0.05, 0.1) is 16.2 Å². The Bertz CT molecular complexity index is 995. The Labute approximate surface area is 144 Å². The van der Waals surface area contributed by atoms with Crippen molar-refractivity contribution in [2.24, 2.45) is 7.05 Å². The lowest BCUT2D eigenvalue weighted by Gasteiger charge is -2.18. The molecular formula is C17H16ClN5O. The van der Waals surface area contributed by atoms with Gasteiger partial charge in [0.25, 0.3) is 0 Å². The minimum atomic E-state index is -1.20. The smallest absolute Gasteiger partial charge is 0.142 e. The molecule has 0 bridgehead atoms. The van der Waals surface area contributed by atoms with Crippen LogP contribution in [0.5, 0.6) is 0 Å². The maximum atomic E-state index is 10.3. The number of aromatic nitrogens is 3. The maximum Gasteiger partial charge on any atom is 0.142 e. The minimum Gasteiger partial charge on any atom is -0.384 e. The molecule has 3 aromatic rings. The Morgan fingerprint density at radius 3 is 2.71 bits per heavy atom. The number of halogens is 1. The normalized spacial score (nSPS) is 11.7. The Morgan fingerprint density at radius 2 is 2.08 bits per heavy atom. The number of nitriles is 1. The molecule has 0 aliphatic heterocycles. The Balaban J connectivity index is 2.43. The molecule has 7 heteroatoms. The zero-order valence-electron chi connectivity index (χ0n) is 13.5. The van der Waals surface area contributed by atoms with Gasteiger partial charge in [-0.1, -0.05) is 17.7 Å². The van der Waals surface area contributed by atoms with E-state index in [9.17, 15) is 10.4 Å². The van der Waals surface area contributed by atoms with E-state index >= 15 is 0 Å². The van der Waals surface area contributed by atoms with E-state index in [1.807, 2.05) is 12.1 Å². The van der Waals surface area contributed by atoms with Gasteiger partial charge >= 0.3 is 0 Å². The third kappa shape index (κ3) is 2.48. The van der Waals surface area contributed by atoms with Crippen LogP contribution in [-0.2, 0) is 12.6 Å². The fourth-order valence-electron chi connectivity index (χ4n) is 2.64. The van der Waals surface area contributed by atoms with Crippen molar-refractivity contribution in [3.8, 4) is 17.3 Å². The highest BCUT2D eigenvalue weighted by Gasteiger charge is 2.24. The molecule has 0 amide bonds. The minimum absolute atomic E-state index is 0.0537. The molecule has 0 aliphatic rings. The third-order valence-electron chi connectivity index (χ3n) is 3.87. The van der Waals surface area contributed by atoms with Crippen LogP contribution < -0.4 is 5.73 Å². The molecule has 0 atom stereocenters. The predicted octanol–water partition coefficient (Wildman–Crippen LogP) is 2.97. The number of fused-ring (bicyclic) bond motifs is 1. The molecule has 3 N–H and O–H groups in total. The summed E-state index contributed by atoms with van der Waals surface area (Å²) in [5.74, 6) is 0.0537. The molecule has 122 valence electrons. The van der Waals surface area contributed by atoms with Crippen LogP contribution in [0.3, 0.4) is 0 Å². The summed E-state index contributed by atoms with van der Waals surface area (Å²) in [7, 11) is 1.80. The average molecular weight is 342 g/mol. The first-order chi connectivity index (χ1) is 11.2. The summed E-state index contributed by atoms with van der Waals surface area (Å²) in [5, 5.41) is 25.5. The lowest BCUT2D eigenvalue weighted by molar-refractivity contribution is 0.0740. The van der Waals surface area contributed by atoms with Crippen LogP contribution in [0.15, 0.2) is 24.3 Å². The van der Waals surface area contributed by atoms with Gasteiger partial charge in [-0.05, 0) is 32.0 Å². The number of benzene rings is 1. The summed E-state index contributed by atoms with van der Waals surface area (Å²) in [5.41, 5.74) is 7.18. The Hall–Kier alpha value is -2.62. The number of rotatable bonds is 2. The quantitative estimate of drug-likeness (QED) is 0.746. The molecule has 0 saturated carbocycles. The predicted molar refractivity (Wildman–Crippen MR) is 93.3 cm³/mol. The largest absolute Gasteiger partial charge is 0.384 e. The van der Waals surface area contributed by atoms with Gasteiger partial charge in [-0.2, -0.15) is 10.4 Å². The van der Waals surface area contributed by atoms with Crippen molar-refractivity contribution < 1.29 is 5.11 Å². The van der Waals surface area contributed by atoms with Crippen LogP contribution in [0.25, 0.3) is 22.2 Å². The highest BCUT2D eigenvalue weighted by atomic mass is 35.5. The van der Waals surface area contributed by atoms with E-state index in [1.165, 1.54) is 0 Å². The van der Waals surface area contributed by atoms with Crippen LogP contribution in [0.2, 0.25) is 5.02 Å². The number of aliphatic hydroxyl groups is 1. The van der Waals surface area contributed by atoms with Crippen molar-refractivity contribution in [1.29, 1.82) is 5.26 Å². The fourth-order valence-corrected chi connectivity index (χ4v) is 2.90. The summed E-state index contributed by atoms with van der Waals surface area (Å²) >= 11 is 6.36. The number of aryl methyl sites for hydroxylation is 1. The monoisotopic (exact) mass is 341 g/mol. The SMILES string of the molecule is Cn1nc(-c2cc(C(C)(C)O)nc(N)c2C#N)c2c(Cl)cccc21. The molecule has 0 saturated heterocycles. The first-order valence-corrected chi connectivity index (χ1v) is 7.67. The van der Waals surface area contributed by atoms with Crippen LogP contribution in [0.1, 0.15) is 25.1 Å². The van der Waals surface area contributed by atoms with Gasteiger partial charge in [0, 0.05) is 18.0 Å². The summed E-state index contributed by atoms with van der Waals surface area (Å²) < 4.78 is 1.69. The Kier molecular flexibility index (Phi) is 3.71. The van der Waals surface area contributed by atoms with Gasteiger partial charge in [-0.15, -0.1) is 0 Å². The highest BCUT2D eigenvalue weighted by Crippen LogP contribution is 2.37. The van der Waals surface area contributed by atoms with E-state index in [4.69, 9.17) is 17.3 Å². The molecule has 0 radical (unpaired) electrons. The van der Waals surface area contributed by atoms with E-state index in [-0.39, 0.29) is 11.4 Å². The second-order valence-electron chi connectivity index (χ2n) is 6.09. The Morgan fingerprint density at radius 1 is 1.38 bits per heavy atom. The molecule has 2 heterocycles. The summed E-state index contributed by atoms with van der Waals surface area (Å²) in [6.07, 6.45) is 0. The number of pyridine rings is 1. The highest BCUT2D eigenvalue weighted by molar-refractivity contribution is 6.36. The second-order valence-corrected chi connectivity index (χ2v) is 6.50. The van der Waals surface area contributed by atoms with Crippen molar-refractivity contribution in [3.05, 3.63) is 40.5 Å². The molecule has 24 heavy (non-hydrogen) atoms. The van der Waals surface area contributed by atoms with Crippen LogP contribution in [-0.4, -0.2) is 19.9 Å². The number of hydrogen-bond donors (Lipinski definition) is 2. The van der Waals surface area contributed by atoms with E-state index < -0.39 is 5.60 Å². The maximum absolute atomic E-state index is 10.3. The van der Waals surface area contributed by atoms with Gasteiger partial charge in [0.15, 0.2) is 0 Å². The second kappa shape index (κ2) is 5.48. The lowest BCUT2D eigenvalue weighted by atomic mass is 9.97. The molecule has 2 aromatic heterocycles. The average Bonchev–Trinajstić information content (AvgIpc) is 2.84. The van der Waals surface area contributed by atoms with Gasteiger partial charge in [0.2, 0.25) is 0 Å². The fraction of sp³-hybridized carbons (Fsp3) is 0.235. The van der Waals surface area contributed by atoms with Crippen molar-refractivity contribution >= 4 is 28.3 Å². The van der Waals surface area contributed by atoms with E-state index in [2.05, 4.69) is 16.2 Å². The number of nitrogens with two attached hydrogens (primary N) is 1. The molecule has 6 nitrogen and oxygen atoms in total. The zero-order chi connectivity index (χ0) is 17.6. The van der Waals surface area contributed by atoms with E-state index in [0.29, 0.717) is 22.0 Å². The van der Waals surface area contributed by atoms with Crippen molar-refractivity contribution in [1.82, 2.24) is 14.8 Å². The lowest BCUT2D eigenvalue weighted by Crippen LogP contribution is -2.19. The third-order valence-corrected chi connectivity index (χ3v) is 4.18. The zero-order valence-corrected chi connectivity index (χ0v) is 14.3. The van der Waals surface area contributed by atoms with Crippen molar-refractivity contribution in [3.63, 3.8) is 0 Å². The number of hydrogen-bond acceptors (Lipinski definition) is 5. The van der Waals surface area contributed by atoms with E-state index in [1.54, 1.807) is 37.7 Å². The molecule has 0 aliphatic carbocycles. The number of nitrogen functional groups attached to an aromatic ring is 1. The van der Waals surface area contributed by atoms with Crippen LogP contribution >= 0.6 is 11.6 Å². The number of anilines is 1. The van der Waals surface area contributed by atoms with Gasteiger partial charge in [-0.3, -0.25) is 4.68 Å². The van der Waals surface area contributed by atoms with E-state index in [0.717, 1.165) is 10.9 Å². The topological polar surface area (TPSA) is 101 Å². The van der Waals surface area contributed by atoms with Gasteiger partial charge in [-0.25, -0.2) is 4.98 Å². The van der Waals surface area contributed by atoms with Gasteiger partial charge < -0.3 is 10.8 Å². The van der Waals surface area contributed by atoms with Crippen molar-refractivity contribution in [2.45, 2.75) is 19.4 Å². The van der Waals surface area contributed by atoms with Gasteiger partial charge in [0.1, 0.15) is 28.7 Å². The molecule has 3 rings (SSSR count). The van der Waals surface area contributed by atoms with Crippen LogP contribution in [0, 0.1) is 11.3 Å². The first-order valence-electron chi connectivity index (χ1n) is 7.29. The summed E-state index contributed by atoms with van der Waals surface area (Å²) in [4.78, 5) is 4.15. The van der Waals surface area contributed by atoms with Crippen molar-refractivity contribution in [2.75, 3.05) is 5.73 Å². The summed E-state index contributed by atoms with van der Waals surface area (Å²) in [6.45, 7) is 3.21. The molecule has 0 spiro atoms.